The van der Waals surface area contributed by atoms with Crippen molar-refractivity contribution in [3.05, 3.63) is 91.0 Å². The predicted octanol–water partition coefficient (Wildman–Crippen LogP) is 2.66. The lowest BCUT2D eigenvalue weighted by Crippen LogP contribution is -2.82. The molecule has 0 nitrogen and oxygen atoms in total. The fraction of sp³-hybridized carbons (Fsp3) is 0.143. The van der Waals surface area contributed by atoms with Crippen molar-refractivity contribution >= 4 is 39.3 Å². The van der Waals surface area contributed by atoms with Gasteiger partial charge in [0.15, 0.2) is 0 Å². The van der Waals surface area contributed by atoms with Crippen LogP contribution in [0.1, 0.15) is 0 Å². The molecule has 0 spiro atoms. The average molecular weight is 363 g/mol. The van der Waals surface area contributed by atoms with E-state index in [4.69, 9.17) is 0 Å². The summed E-state index contributed by atoms with van der Waals surface area (Å²) in [5, 5.41) is 4.77. The van der Waals surface area contributed by atoms with Crippen LogP contribution >= 0.6 is 0 Å². The van der Waals surface area contributed by atoms with E-state index in [0.717, 1.165) is 0 Å². The SMILES string of the molecule is C[SiH2][Si](C)(C)[Si](c1ccccc1)(c1ccccc1)c1ccccc1. The zero-order chi connectivity index (χ0) is 17.0. The quantitative estimate of drug-likeness (QED) is 0.483. The molecule has 0 unspecified atom stereocenters. The zero-order valence-electron chi connectivity index (χ0n) is 14.9. The van der Waals surface area contributed by atoms with Crippen molar-refractivity contribution in [3.63, 3.8) is 0 Å². The van der Waals surface area contributed by atoms with Gasteiger partial charge in [0, 0.05) is 16.1 Å². The van der Waals surface area contributed by atoms with Crippen LogP contribution in [0.4, 0.5) is 0 Å². The highest BCUT2D eigenvalue weighted by Gasteiger charge is 2.51. The molecular weight excluding hydrogens is 336 g/mol. The summed E-state index contributed by atoms with van der Waals surface area (Å²) < 4.78 is 0. The Bertz CT molecular complexity index is 671. The van der Waals surface area contributed by atoms with Gasteiger partial charge in [-0.05, 0) is 0 Å². The van der Waals surface area contributed by atoms with Gasteiger partial charge in [-0.15, -0.1) is 0 Å². The van der Waals surface area contributed by atoms with E-state index in [-0.39, 0.29) is 9.04 Å². The van der Waals surface area contributed by atoms with Gasteiger partial charge in [0.05, 0.1) is 0 Å². The highest BCUT2D eigenvalue weighted by molar-refractivity contribution is 7.70. The Labute approximate surface area is 150 Å². The van der Waals surface area contributed by atoms with E-state index in [1.54, 1.807) is 15.6 Å². The van der Waals surface area contributed by atoms with E-state index in [0.29, 0.717) is 0 Å². The van der Waals surface area contributed by atoms with Gasteiger partial charge in [-0.3, -0.25) is 0 Å². The first-order chi connectivity index (χ1) is 11.6. The molecule has 3 aromatic carbocycles. The Kier molecular flexibility index (Phi) is 5.04. The van der Waals surface area contributed by atoms with Crippen molar-refractivity contribution in [2.45, 2.75) is 19.6 Å². The van der Waals surface area contributed by atoms with Gasteiger partial charge in [0.25, 0.3) is 0 Å². The van der Waals surface area contributed by atoms with Gasteiger partial charge >= 0.3 is 0 Å². The molecule has 24 heavy (non-hydrogen) atoms. The zero-order valence-corrected chi connectivity index (χ0v) is 18.3. The molecule has 0 N–H and O–H groups in total. The normalized spacial score (nSPS) is 12.6. The molecule has 0 atom stereocenters. The summed E-state index contributed by atoms with van der Waals surface area (Å²) in [5.74, 6) is 0. The maximum atomic E-state index is 2.65. The molecule has 0 amide bonds. The first kappa shape index (κ1) is 17.1. The van der Waals surface area contributed by atoms with Crippen LogP contribution in [-0.4, -0.2) is 23.7 Å². The minimum atomic E-state index is -1.95. The van der Waals surface area contributed by atoms with Crippen molar-refractivity contribution in [2.24, 2.45) is 0 Å². The van der Waals surface area contributed by atoms with Crippen LogP contribution < -0.4 is 15.6 Å². The number of benzene rings is 3. The smallest absolute Gasteiger partial charge is 0.0768 e. The third kappa shape index (κ3) is 2.77. The first-order valence-electron chi connectivity index (χ1n) is 8.79. The number of hydrogen-bond donors (Lipinski definition) is 0. The highest BCUT2D eigenvalue weighted by Crippen LogP contribution is 2.19. The molecule has 122 valence electrons. The van der Waals surface area contributed by atoms with Crippen LogP contribution in [0.3, 0.4) is 0 Å². The Hall–Kier alpha value is -1.69. The van der Waals surface area contributed by atoms with Gasteiger partial charge in [-0.2, -0.15) is 0 Å². The van der Waals surface area contributed by atoms with Crippen LogP contribution in [0.25, 0.3) is 0 Å². The lowest BCUT2D eigenvalue weighted by molar-refractivity contribution is 1.69. The summed E-state index contributed by atoms with van der Waals surface area (Å²) >= 11 is 0. The van der Waals surface area contributed by atoms with E-state index >= 15 is 0 Å². The predicted molar refractivity (Wildman–Crippen MR) is 116 cm³/mol. The minimum Gasteiger partial charge on any atom is -0.0768 e. The summed E-state index contributed by atoms with van der Waals surface area (Å²) in [7, 11) is -3.45. The molecule has 0 aromatic heterocycles. The largest absolute Gasteiger partial charge is 0.136 e. The molecule has 0 fully saturated rings. The van der Waals surface area contributed by atoms with Crippen LogP contribution in [0.2, 0.25) is 19.6 Å². The minimum absolute atomic E-state index is 0.0930. The van der Waals surface area contributed by atoms with Crippen LogP contribution in [0, 0.1) is 0 Å². The molecule has 0 radical (unpaired) electrons. The summed E-state index contributed by atoms with van der Waals surface area (Å²) in [6.07, 6.45) is 0. The van der Waals surface area contributed by atoms with E-state index in [1.807, 2.05) is 0 Å². The third-order valence-electron chi connectivity index (χ3n) is 5.52. The van der Waals surface area contributed by atoms with Crippen molar-refractivity contribution in [1.29, 1.82) is 0 Å². The first-order valence-corrected chi connectivity index (χ1v) is 18.5. The highest BCUT2D eigenvalue weighted by atomic mass is 29.6. The molecule has 0 saturated carbocycles. The van der Waals surface area contributed by atoms with Crippen molar-refractivity contribution < 1.29 is 0 Å². The molecular formula is C21H26Si3. The van der Waals surface area contributed by atoms with Crippen molar-refractivity contribution in [2.75, 3.05) is 0 Å². The van der Waals surface area contributed by atoms with Gasteiger partial charge < -0.3 is 0 Å². The molecule has 0 saturated heterocycles. The molecule has 3 rings (SSSR count). The van der Waals surface area contributed by atoms with Gasteiger partial charge in [0.2, 0.25) is 0 Å². The molecule has 3 aromatic rings. The third-order valence-corrected chi connectivity index (χ3v) is 34.9. The van der Waals surface area contributed by atoms with Gasteiger partial charge in [-0.1, -0.05) is 126 Å². The number of rotatable bonds is 5. The molecule has 0 bridgehead atoms. The Morgan fingerprint density at radius 3 is 1.08 bits per heavy atom. The van der Waals surface area contributed by atoms with E-state index in [9.17, 15) is 0 Å². The monoisotopic (exact) mass is 362 g/mol. The van der Waals surface area contributed by atoms with Crippen LogP contribution in [-0.2, 0) is 0 Å². The second-order valence-electron chi connectivity index (χ2n) is 7.09. The van der Waals surface area contributed by atoms with E-state index in [2.05, 4.69) is 111 Å². The summed E-state index contributed by atoms with van der Waals surface area (Å²) in [5.41, 5.74) is 0. The van der Waals surface area contributed by atoms with Crippen molar-refractivity contribution in [3.8, 4) is 0 Å². The lowest BCUT2D eigenvalue weighted by atomic mass is 10.3. The summed E-state index contributed by atoms with van der Waals surface area (Å²) in [6, 6.07) is 34.2. The lowest BCUT2D eigenvalue weighted by Gasteiger charge is -2.45. The van der Waals surface area contributed by atoms with Gasteiger partial charge in [-0.25, -0.2) is 0 Å². The number of hydrogen-bond acceptors (Lipinski definition) is 0. The standard InChI is InChI=1S/C21H26Si3/c1-22-23(2,3)24(19-13-7-4-8-14-19,20-15-9-5-10-16-20)21-17-11-6-12-18-21/h4-18H,22H2,1-3H3. The van der Waals surface area contributed by atoms with Crippen LogP contribution in [0.5, 0.6) is 0 Å². The summed E-state index contributed by atoms with van der Waals surface area (Å²) in [6.45, 7) is 7.83. The Morgan fingerprint density at radius 2 is 0.833 bits per heavy atom. The molecule has 0 aliphatic heterocycles. The van der Waals surface area contributed by atoms with Gasteiger partial charge in [0.1, 0.15) is 7.59 Å². The fourth-order valence-electron chi connectivity index (χ4n) is 4.00. The molecule has 3 heteroatoms. The topological polar surface area (TPSA) is 0 Å². The summed E-state index contributed by atoms with van der Waals surface area (Å²) in [4.78, 5) is 0. The molecule has 0 aliphatic rings. The van der Waals surface area contributed by atoms with Crippen molar-refractivity contribution in [1.82, 2.24) is 0 Å². The van der Waals surface area contributed by atoms with E-state index in [1.165, 1.54) is 0 Å². The van der Waals surface area contributed by atoms with Crippen LogP contribution in [0.15, 0.2) is 91.0 Å². The van der Waals surface area contributed by atoms with E-state index < -0.39 is 14.7 Å². The maximum absolute atomic E-state index is 2.65. The Balaban J connectivity index is 2.42. The fourth-order valence-corrected chi connectivity index (χ4v) is 30.4. The maximum Gasteiger partial charge on any atom is 0.136 e. The molecule has 0 aliphatic carbocycles. The average Bonchev–Trinajstić information content (AvgIpc) is 2.65. The second kappa shape index (κ2) is 7.05. The Morgan fingerprint density at radius 1 is 0.542 bits per heavy atom. The molecule has 0 heterocycles. The second-order valence-corrected chi connectivity index (χ2v) is 30.6.